The Morgan fingerprint density at radius 1 is 1.04 bits per heavy atom. The minimum Gasteiger partial charge on any atom is -0.483 e. The average Bonchev–Trinajstić information content (AvgIpc) is 3.21. The number of benzene rings is 1. The van der Waals surface area contributed by atoms with Crippen molar-refractivity contribution >= 4 is 6.47 Å². The number of likely N-dealkylation sites (tertiary alicyclic amines) is 1. The van der Waals surface area contributed by atoms with Crippen LogP contribution >= 0.6 is 0 Å². The van der Waals surface area contributed by atoms with Crippen molar-refractivity contribution < 1.29 is 14.6 Å². The molecule has 1 aromatic carbocycles. The topological polar surface area (TPSA) is 49.8 Å². The molecule has 0 unspecified atom stereocenters. The molecule has 2 aliphatic carbocycles. The lowest BCUT2D eigenvalue weighted by Crippen LogP contribution is -2.40. The molecule has 3 fully saturated rings. The lowest BCUT2D eigenvalue weighted by atomic mass is 10.0. The third kappa shape index (κ3) is 5.82. The van der Waals surface area contributed by atoms with Gasteiger partial charge in [0.25, 0.3) is 6.47 Å². The zero-order chi connectivity index (χ0) is 18.2. The first-order chi connectivity index (χ1) is 12.8. The standard InChI is InChI=1S/C21H31NO.CH2O2/c1-2-6-17(7-3-1)14-20-21(23-16-19-10-11-19)12-13-22(20)15-18-8-4-5-9-18;2-1-3/h1-3,6-7,18-21H,4-5,8-16H2;1H,(H,2,3)/t20-,21+;/m0./s1. The Morgan fingerprint density at radius 2 is 1.73 bits per heavy atom. The van der Waals surface area contributed by atoms with Crippen LogP contribution in [-0.2, 0) is 16.0 Å². The molecule has 1 aromatic rings. The van der Waals surface area contributed by atoms with Gasteiger partial charge in [0.05, 0.1) is 6.10 Å². The second-order valence-electron chi connectivity index (χ2n) is 8.11. The molecule has 26 heavy (non-hydrogen) atoms. The van der Waals surface area contributed by atoms with Crippen LogP contribution < -0.4 is 0 Å². The highest BCUT2D eigenvalue weighted by atomic mass is 16.5. The number of nitrogens with zero attached hydrogens (tertiary/aromatic N) is 1. The maximum Gasteiger partial charge on any atom is 0.290 e. The SMILES string of the molecule is O=CO.c1ccc(C[C@H]2[C@H](OCC3CC3)CCN2CC2CCCC2)cc1. The zero-order valence-electron chi connectivity index (χ0n) is 15.8. The van der Waals surface area contributed by atoms with Gasteiger partial charge in [-0.05, 0) is 55.9 Å². The number of carboxylic acid groups (broad SMARTS) is 1. The van der Waals surface area contributed by atoms with E-state index < -0.39 is 0 Å². The van der Waals surface area contributed by atoms with E-state index in [1.165, 1.54) is 63.6 Å². The maximum atomic E-state index is 8.36. The van der Waals surface area contributed by atoms with Crippen LogP contribution in [0.25, 0.3) is 0 Å². The van der Waals surface area contributed by atoms with Crippen molar-refractivity contribution in [2.24, 2.45) is 11.8 Å². The van der Waals surface area contributed by atoms with Crippen molar-refractivity contribution in [3.8, 4) is 0 Å². The lowest BCUT2D eigenvalue weighted by Gasteiger charge is -2.30. The molecule has 4 heteroatoms. The van der Waals surface area contributed by atoms with E-state index in [0.29, 0.717) is 12.1 Å². The molecule has 1 aliphatic heterocycles. The molecule has 2 atom stereocenters. The molecule has 0 radical (unpaired) electrons. The lowest BCUT2D eigenvalue weighted by molar-refractivity contribution is -0.122. The minimum atomic E-state index is -0.250. The Bertz CT molecular complexity index is 525. The second kappa shape index (κ2) is 10.1. The summed E-state index contributed by atoms with van der Waals surface area (Å²) < 4.78 is 6.36. The maximum absolute atomic E-state index is 8.36. The fourth-order valence-electron chi connectivity index (χ4n) is 4.49. The van der Waals surface area contributed by atoms with Crippen LogP contribution in [0, 0.1) is 11.8 Å². The molecule has 1 heterocycles. The van der Waals surface area contributed by atoms with Gasteiger partial charge in [-0.1, -0.05) is 43.2 Å². The van der Waals surface area contributed by atoms with E-state index in [-0.39, 0.29) is 6.47 Å². The smallest absolute Gasteiger partial charge is 0.290 e. The van der Waals surface area contributed by atoms with Crippen molar-refractivity contribution in [2.45, 2.75) is 63.5 Å². The molecule has 0 amide bonds. The van der Waals surface area contributed by atoms with Gasteiger partial charge in [-0.25, -0.2) is 0 Å². The first-order valence-corrected chi connectivity index (χ1v) is 10.3. The van der Waals surface area contributed by atoms with E-state index >= 15 is 0 Å². The van der Waals surface area contributed by atoms with Gasteiger partial charge in [0, 0.05) is 25.7 Å². The van der Waals surface area contributed by atoms with Gasteiger partial charge < -0.3 is 9.84 Å². The van der Waals surface area contributed by atoms with Crippen molar-refractivity contribution in [2.75, 3.05) is 19.7 Å². The first-order valence-electron chi connectivity index (χ1n) is 10.3. The number of carbonyl (C=O) groups is 1. The Hall–Kier alpha value is -1.39. The predicted octanol–water partition coefficient (Wildman–Crippen LogP) is 3.99. The molecule has 2 saturated carbocycles. The third-order valence-electron chi connectivity index (χ3n) is 6.10. The summed E-state index contributed by atoms with van der Waals surface area (Å²) in [5, 5.41) is 6.89. The number of hydrogen-bond acceptors (Lipinski definition) is 3. The fraction of sp³-hybridized carbons (Fsp3) is 0.682. The van der Waals surface area contributed by atoms with E-state index in [0.717, 1.165) is 24.9 Å². The molecule has 0 bridgehead atoms. The van der Waals surface area contributed by atoms with Crippen LogP contribution in [0.3, 0.4) is 0 Å². The minimum absolute atomic E-state index is 0.250. The molecular weight excluding hydrogens is 326 g/mol. The first kappa shape index (κ1) is 19.4. The summed E-state index contributed by atoms with van der Waals surface area (Å²) in [5.74, 6) is 1.81. The number of rotatable bonds is 7. The molecule has 144 valence electrons. The molecule has 3 aliphatic rings. The summed E-state index contributed by atoms with van der Waals surface area (Å²) in [6.45, 7) is 3.30. The summed E-state index contributed by atoms with van der Waals surface area (Å²) in [7, 11) is 0. The van der Waals surface area contributed by atoms with Crippen LogP contribution in [0.5, 0.6) is 0 Å². The highest BCUT2D eigenvalue weighted by Crippen LogP contribution is 2.33. The number of ether oxygens (including phenoxy) is 1. The fourth-order valence-corrected chi connectivity index (χ4v) is 4.49. The van der Waals surface area contributed by atoms with Crippen molar-refractivity contribution in [1.82, 2.24) is 4.90 Å². The third-order valence-corrected chi connectivity index (χ3v) is 6.10. The van der Waals surface area contributed by atoms with E-state index in [1.807, 2.05) is 0 Å². The van der Waals surface area contributed by atoms with Crippen LogP contribution in [-0.4, -0.2) is 48.3 Å². The Morgan fingerprint density at radius 3 is 2.38 bits per heavy atom. The summed E-state index contributed by atoms with van der Waals surface area (Å²) in [6.07, 6.45) is 11.4. The normalized spacial score (nSPS) is 26.5. The molecular formula is C22H33NO3. The van der Waals surface area contributed by atoms with Crippen molar-refractivity contribution in [1.29, 1.82) is 0 Å². The van der Waals surface area contributed by atoms with E-state index in [4.69, 9.17) is 14.6 Å². The molecule has 0 aromatic heterocycles. The highest BCUT2D eigenvalue weighted by Gasteiger charge is 2.37. The summed E-state index contributed by atoms with van der Waals surface area (Å²) in [4.78, 5) is 11.1. The van der Waals surface area contributed by atoms with E-state index in [2.05, 4.69) is 35.2 Å². The Balaban J connectivity index is 0.000000613. The predicted molar refractivity (Wildman–Crippen MR) is 103 cm³/mol. The van der Waals surface area contributed by atoms with Gasteiger partial charge in [0.2, 0.25) is 0 Å². The van der Waals surface area contributed by atoms with Crippen LogP contribution in [0.15, 0.2) is 30.3 Å². The summed E-state index contributed by atoms with van der Waals surface area (Å²) in [5.41, 5.74) is 1.47. The van der Waals surface area contributed by atoms with Gasteiger partial charge in [-0.2, -0.15) is 0 Å². The molecule has 0 spiro atoms. The monoisotopic (exact) mass is 359 g/mol. The Kier molecular flexibility index (Phi) is 7.51. The van der Waals surface area contributed by atoms with Gasteiger partial charge in [-0.15, -0.1) is 0 Å². The van der Waals surface area contributed by atoms with Gasteiger partial charge >= 0.3 is 0 Å². The van der Waals surface area contributed by atoms with Crippen molar-refractivity contribution in [3.63, 3.8) is 0 Å². The summed E-state index contributed by atoms with van der Waals surface area (Å²) >= 11 is 0. The molecule has 1 saturated heterocycles. The van der Waals surface area contributed by atoms with Gasteiger partial charge in [0.15, 0.2) is 0 Å². The molecule has 4 rings (SSSR count). The van der Waals surface area contributed by atoms with Gasteiger partial charge in [0.1, 0.15) is 0 Å². The quantitative estimate of drug-likeness (QED) is 0.748. The van der Waals surface area contributed by atoms with E-state index in [9.17, 15) is 0 Å². The zero-order valence-corrected chi connectivity index (χ0v) is 15.8. The number of hydrogen-bond donors (Lipinski definition) is 1. The van der Waals surface area contributed by atoms with Crippen molar-refractivity contribution in [3.05, 3.63) is 35.9 Å². The summed E-state index contributed by atoms with van der Waals surface area (Å²) in [6, 6.07) is 11.6. The van der Waals surface area contributed by atoms with Crippen LogP contribution in [0.4, 0.5) is 0 Å². The molecule has 4 nitrogen and oxygen atoms in total. The van der Waals surface area contributed by atoms with Crippen LogP contribution in [0.2, 0.25) is 0 Å². The largest absolute Gasteiger partial charge is 0.483 e. The van der Waals surface area contributed by atoms with Gasteiger partial charge in [-0.3, -0.25) is 9.69 Å². The second-order valence-corrected chi connectivity index (χ2v) is 8.11. The molecule has 1 N–H and O–H groups in total. The average molecular weight is 360 g/mol. The van der Waals surface area contributed by atoms with E-state index in [1.54, 1.807) is 0 Å². The Labute approximate surface area is 157 Å². The van der Waals surface area contributed by atoms with Crippen LogP contribution in [0.1, 0.15) is 50.5 Å². The highest BCUT2D eigenvalue weighted by molar-refractivity contribution is 5.32.